The molecule has 0 aromatic rings. The van der Waals surface area contributed by atoms with Crippen molar-refractivity contribution in [3.63, 3.8) is 0 Å². The van der Waals surface area contributed by atoms with Gasteiger partial charge in [-0.2, -0.15) is 0 Å². The lowest BCUT2D eigenvalue weighted by Gasteiger charge is -2.40. The summed E-state index contributed by atoms with van der Waals surface area (Å²) in [7, 11) is 2.09. The Morgan fingerprint density at radius 1 is 1.29 bits per heavy atom. The predicted molar refractivity (Wildman–Crippen MR) is 70.0 cm³/mol. The summed E-state index contributed by atoms with van der Waals surface area (Å²) in [5, 5.41) is 3.42. The van der Waals surface area contributed by atoms with Crippen molar-refractivity contribution in [3.05, 3.63) is 0 Å². The van der Waals surface area contributed by atoms with Crippen LogP contribution in [0.15, 0.2) is 0 Å². The number of hydrogen-bond donors (Lipinski definition) is 1. The molecular weight excluding hydrogens is 210 g/mol. The SMILES string of the molecule is CNCC1(CC2CC3CCC2C3)CCCOC1. The van der Waals surface area contributed by atoms with E-state index >= 15 is 0 Å². The largest absolute Gasteiger partial charge is 0.381 e. The molecule has 2 bridgehead atoms. The van der Waals surface area contributed by atoms with Crippen molar-refractivity contribution in [3.8, 4) is 0 Å². The maximum absolute atomic E-state index is 5.79. The van der Waals surface area contributed by atoms with E-state index < -0.39 is 0 Å². The van der Waals surface area contributed by atoms with Crippen molar-refractivity contribution in [2.75, 3.05) is 26.8 Å². The van der Waals surface area contributed by atoms with Crippen LogP contribution in [0.25, 0.3) is 0 Å². The summed E-state index contributed by atoms with van der Waals surface area (Å²) in [5.41, 5.74) is 0.460. The van der Waals surface area contributed by atoms with Gasteiger partial charge < -0.3 is 10.1 Å². The van der Waals surface area contributed by atoms with Crippen LogP contribution in [0, 0.1) is 23.2 Å². The van der Waals surface area contributed by atoms with Gasteiger partial charge in [-0.25, -0.2) is 0 Å². The standard InChI is InChI=1S/C15H27NO/c1-16-10-15(5-2-6-17-11-15)9-14-8-12-3-4-13(14)7-12/h12-14,16H,2-11H2,1H3. The fourth-order valence-electron chi connectivity index (χ4n) is 4.84. The Labute approximate surface area is 105 Å². The summed E-state index contributed by atoms with van der Waals surface area (Å²) in [4.78, 5) is 0. The van der Waals surface area contributed by atoms with E-state index in [0.717, 1.165) is 37.5 Å². The van der Waals surface area contributed by atoms with Gasteiger partial charge in [0.2, 0.25) is 0 Å². The highest BCUT2D eigenvalue weighted by Crippen LogP contribution is 2.52. The maximum atomic E-state index is 5.79. The highest BCUT2D eigenvalue weighted by atomic mass is 16.5. The molecule has 1 aliphatic heterocycles. The van der Waals surface area contributed by atoms with Gasteiger partial charge in [0.25, 0.3) is 0 Å². The molecule has 3 rings (SSSR count). The highest BCUT2D eigenvalue weighted by Gasteiger charge is 2.44. The summed E-state index contributed by atoms with van der Waals surface area (Å²) >= 11 is 0. The van der Waals surface area contributed by atoms with Gasteiger partial charge in [-0.3, -0.25) is 0 Å². The Kier molecular flexibility index (Phi) is 3.45. The average molecular weight is 237 g/mol. The van der Waals surface area contributed by atoms with Crippen LogP contribution in [-0.4, -0.2) is 26.8 Å². The van der Waals surface area contributed by atoms with Gasteiger partial charge in [-0.15, -0.1) is 0 Å². The van der Waals surface area contributed by atoms with Crippen LogP contribution in [0.4, 0.5) is 0 Å². The first-order chi connectivity index (χ1) is 8.31. The first-order valence-electron chi connectivity index (χ1n) is 7.54. The monoisotopic (exact) mass is 237 g/mol. The number of ether oxygens (including phenoxy) is 1. The second kappa shape index (κ2) is 4.89. The van der Waals surface area contributed by atoms with Gasteiger partial charge in [0.15, 0.2) is 0 Å². The third-order valence-corrected chi connectivity index (χ3v) is 5.54. The van der Waals surface area contributed by atoms with E-state index in [2.05, 4.69) is 12.4 Å². The molecule has 0 radical (unpaired) electrons. The molecule has 0 spiro atoms. The van der Waals surface area contributed by atoms with Crippen molar-refractivity contribution in [2.24, 2.45) is 23.2 Å². The topological polar surface area (TPSA) is 21.3 Å². The molecule has 3 fully saturated rings. The minimum absolute atomic E-state index is 0.460. The number of nitrogens with one attached hydrogen (secondary N) is 1. The molecular formula is C15H27NO. The molecule has 2 nitrogen and oxygen atoms in total. The molecule has 3 aliphatic rings. The van der Waals surface area contributed by atoms with E-state index in [4.69, 9.17) is 4.74 Å². The molecule has 4 unspecified atom stereocenters. The molecule has 0 aromatic carbocycles. The van der Waals surface area contributed by atoms with Gasteiger partial charge in [-0.05, 0) is 63.3 Å². The summed E-state index contributed by atoms with van der Waals surface area (Å²) in [6.07, 6.45) is 10.2. The molecule has 1 heterocycles. The average Bonchev–Trinajstić information content (AvgIpc) is 2.92. The van der Waals surface area contributed by atoms with Gasteiger partial charge in [0, 0.05) is 18.6 Å². The number of rotatable bonds is 4. The zero-order valence-electron chi connectivity index (χ0n) is 11.2. The van der Waals surface area contributed by atoms with Crippen molar-refractivity contribution >= 4 is 0 Å². The Bertz CT molecular complexity index is 254. The third kappa shape index (κ3) is 2.39. The summed E-state index contributed by atoms with van der Waals surface area (Å²) in [6, 6.07) is 0. The van der Waals surface area contributed by atoms with Crippen LogP contribution >= 0.6 is 0 Å². The second-order valence-corrected chi connectivity index (χ2v) is 6.83. The lowest BCUT2D eigenvalue weighted by molar-refractivity contribution is -0.0240. The van der Waals surface area contributed by atoms with Crippen molar-refractivity contribution in [1.29, 1.82) is 0 Å². The predicted octanol–water partition coefficient (Wildman–Crippen LogP) is 2.83. The van der Waals surface area contributed by atoms with Crippen molar-refractivity contribution < 1.29 is 4.74 Å². The van der Waals surface area contributed by atoms with E-state index in [1.165, 1.54) is 38.5 Å². The van der Waals surface area contributed by atoms with Crippen LogP contribution in [0.3, 0.4) is 0 Å². The van der Waals surface area contributed by atoms with Gasteiger partial charge in [0.1, 0.15) is 0 Å². The maximum Gasteiger partial charge on any atom is 0.0534 e. The highest BCUT2D eigenvalue weighted by molar-refractivity contribution is 4.95. The van der Waals surface area contributed by atoms with E-state index in [9.17, 15) is 0 Å². The van der Waals surface area contributed by atoms with E-state index in [1.54, 1.807) is 6.42 Å². The molecule has 1 N–H and O–H groups in total. The fraction of sp³-hybridized carbons (Fsp3) is 1.00. The first-order valence-corrected chi connectivity index (χ1v) is 7.54. The summed E-state index contributed by atoms with van der Waals surface area (Å²) < 4.78 is 5.79. The Hall–Kier alpha value is -0.0800. The zero-order chi connectivity index (χ0) is 11.7. The molecule has 2 aliphatic carbocycles. The van der Waals surface area contributed by atoms with Crippen molar-refractivity contribution in [2.45, 2.75) is 44.9 Å². The number of hydrogen-bond acceptors (Lipinski definition) is 2. The van der Waals surface area contributed by atoms with Gasteiger partial charge in [-0.1, -0.05) is 6.42 Å². The third-order valence-electron chi connectivity index (χ3n) is 5.54. The van der Waals surface area contributed by atoms with E-state index in [-0.39, 0.29) is 0 Å². The Morgan fingerprint density at radius 3 is 2.82 bits per heavy atom. The van der Waals surface area contributed by atoms with Crippen LogP contribution in [0.5, 0.6) is 0 Å². The van der Waals surface area contributed by atoms with Crippen molar-refractivity contribution in [1.82, 2.24) is 5.32 Å². The normalized spacial score (nSPS) is 45.4. The quantitative estimate of drug-likeness (QED) is 0.812. The lowest BCUT2D eigenvalue weighted by Crippen LogP contribution is -2.42. The lowest BCUT2D eigenvalue weighted by atomic mass is 9.71. The van der Waals surface area contributed by atoms with E-state index in [0.29, 0.717) is 5.41 Å². The smallest absolute Gasteiger partial charge is 0.0534 e. The molecule has 2 heteroatoms. The molecule has 98 valence electrons. The summed E-state index contributed by atoms with van der Waals surface area (Å²) in [5.74, 6) is 3.17. The van der Waals surface area contributed by atoms with Crippen LogP contribution in [-0.2, 0) is 4.74 Å². The van der Waals surface area contributed by atoms with Gasteiger partial charge >= 0.3 is 0 Å². The molecule has 4 atom stereocenters. The first kappa shape index (κ1) is 12.0. The molecule has 0 amide bonds. The molecule has 2 saturated carbocycles. The van der Waals surface area contributed by atoms with Crippen LogP contribution in [0.2, 0.25) is 0 Å². The minimum Gasteiger partial charge on any atom is -0.381 e. The number of fused-ring (bicyclic) bond motifs is 2. The molecule has 17 heavy (non-hydrogen) atoms. The van der Waals surface area contributed by atoms with Gasteiger partial charge in [0.05, 0.1) is 6.61 Å². The summed E-state index contributed by atoms with van der Waals surface area (Å²) in [6.45, 7) is 3.14. The fourth-order valence-corrected chi connectivity index (χ4v) is 4.84. The zero-order valence-corrected chi connectivity index (χ0v) is 11.2. The van der Waals surface area contributed by atoms with Crippen LogP contribution in [0.1, 0.15) is 44.9 Å². The second-order valence-electron chi connectivity index (χ2n) is 6.83. The molecule has 1 saturated heterocycles. The Morgan fingerprint density at radius 2 is 2.24 bits per heavy atom. The Balaban J connectivity index is 1.63. The van der Waals surface area contributed by atoms with Crippen LogP contribution < -0.4 is 5.32 Å². The van der Waals surface area contributed by atoms with E-state index in [1.807, 2.05) is 0 Å². The minimum atomic E-state index is 0.460. The molecule has 0 aromatic heterocycles.